The van der Waals surface area contributed by atoms with Gasteiger partial charge in [-0.15, -0.1) is 0 Å². The fourth-order valence-electron chi connectivity index (χ4n) is 1.31. The van der Waals surface area contributed by atoms with E-state index in [1.807, 2.05) is 12.1 Å². The second-order valence-corrected chi connectivity index (χ2v) is 3.01. The van der Waals surface area contributed by atoms with Gasteiger partial charge in [-0.3, -0.25) is 0 Å². The smallest absolute Gasteiger partial charge is 0.176 e. The summed E-state index contributed by atoms with van der Waals surface area (Å²) in [5.41, 5.74) is 1.24. The largest absolute Gasteiger partial charge is 1.00 e. The molecule has 0 radical (unpaired) electrons. The lowest BCUT2D eigenvalue weighted by molar-refractivity contribution is -0.440. The van der Waals surface area contributed by atoms with Crippen LogP contribution in [0.5, 0.6) is 0 Å². The van der Waals surface area contributed by atoms with Crippen molar-refractivity contribution in [2.24, 2.45) is 0 Å². The molecule has 0 amide bonds. The minimum Gasteiger partial charge on any atom is -1.00 e. The Bertz CT molecular complexity index is 363. The van der Waals surface area contributed by atoms with Crippen LogP contribution in [0.25, 0.3) is 0 Å². The van der Waals surface area contributed by atoms with Crippen LogP contribution in [0.2, 0.25) is 0 Å². The monoisotopic (exact) mass is 205 g/mol. The van der Waals surface area contributed by atoms with E-state index in [4.69, 9.17) is 0 Å². The van der Waals surface area contributed by atoms with Gasteiger partial charge in [0.25, 0.3) is 0 Å². The molecule has 0 saturated carbocycles. The molecule has 2 heteroatoms. The summed E-state index contributed by atoms with van der Waals surface area (Å²) in [5, 5.41) is 0. The molecule has 0 atom stereocenters. The first kappa shape index (κ1) is 10.7. The van der Waals surface area contributed by atoms with Crippen LogP contribution >= 0.6 is 0 Å². The van der Waals surface area contributed by atoms with Crippen LogP contribution in [0.1, 0.15) is 5.56 Å². The fourth-order valence-corrected chi connectivity index (χ4v) is 1.31. The molecule has 1 aromatic carbocycles. The number of allylic oxidation sites excluding steroid dienone is 2. The molecule has 14 heavy (non-hydrogen) atoms. The third-order valence-corrected chi connectivity index (χ3v) is 1.96. The Kier molecular flexibility index (Phi) is 4.14. The van der Waals surface area contributed by atoms with Gasteiger partial charge in [0.05, 0.1) is 0 Å². The molecule has 72 valence electrons. The van der Waals surface area contributed by atoms with Crippen LogP contribution in [-0.2, 0) is 0 Å². The van der Waals surface area contributed by atoms with Crippen molar-refractivity contribution in [2.75, 3.05) is 6.54 Å². The van der Waals surface area contributed by atoms with Gasteiger partial charge in [0.15, 0.2) is 19.0 Å². The van der Waals surface area contributed by atoms with E-state index < -0.39 is 0 Å². The average Bonchev–Trinajstić information content (AvgIpc) is 2.21. The molecular formula is C12H12ClN. The molecule has 1 aromatic rings. The van der Waals surface area contributed by atoms with E-state index in [0.29, 0.717) is 0 Å². The lowest BCUT2D eigenvalue weighted by Gasteiger charge is -1.96. The first-order chi connectivity index (χ1) is 6.45. The molecule has 2 rings (SSSR count). The van der Waals surface area contributed by atoms with E-state index in [2.05, 4.69) is 53.4 Å². The maximum Gasteiger partial charge on any atom is 0.176 e. The van der Waals surface area contributed by atoms with Crippen LogP contribution in [0.15, 0.2) is 54.8 Å². The lowest BCUT2D eigenvalue weighted by Crippen LogP contribution is -3.00. The summed E-state index contributed by atoms with van der Waals surface area (Å²) in [7, 11) is 0. The standard InChI is InChI=1S/C12H12N.ClH/c1-3-7-12(8-4-1)11-13-9-5-2-6-10-13;/h1-9,11H,10H2;1H/q+1;/p-1. The van der Waals surface area contributed by atoms with E-state index in [1.54, 1.807) is 0 Å². The topological polar surface area (TPSA) is 3.01 Å². The molecule has 0 fully saturated rings. The molecule has 1 nitrogen and oxygen atoms in total. The summed E-state index contributed by atoms with van der Waals surface area (Å²) >= 11 is 0. The quantitative estimate of drug-likeness (QED) is 0.529. The number of rotatable bonds is 1. The van der Waals surface area contributed by atoms with E-state index in [0.717, 1.165) is 6.54 Å². The SMILES string of the molecule is C1=CC[N+](=Cc2ccccc2)C=C1.[Cl-]. The Morgan fingerprint density at radius 2 is 1.86 bits per heavy atom. The molecule has 0 saturated heterocycles. The molecule has 1 aliphatic heterocycles. The predicted octanol–water partition coefficient (Wildman–Crippen LogP) is -0.794. The number of benzene rings is 1. The number of hydrogen-bond donors (Lipinski definition) is 0. The summed E-state index contributed by atoms with van der Waals surface area (Å²) in [6, 6.07) is 10.3. The van der Waals surface area contributed by atoms with Gasteiger partial charge < -0.3 is 12.4 Å². The van der Waals surface area contributed by atoms with Crippen LogP contribution in [0.3, 0.4) is 0 Å². The molecule has 0 aromatic heterocycles. The van der Waals surface area contributed by atoms with E-state index in [9.17, 15) is 0 Å². The Hall–Kier alpha value is -1.34. The van der Waals surface area contributed by atoms with Crippen molar-refractivity contribution in [1.82, 2.24) is 0 Å². The predicted molar refractivity (Wildman–Crippen MR) is 55.0 cm³/mol. The lowest BCUT2D eigenvalue weighted by atomic mass is 10.2. The summed E-state index contributed by atoms with van der Waals surface area (Å²) in [6.45, 7) is 0.964. The highest BCUT2D eigenvalue weighted by Crippen LogP contribution is 1.96. The summed E-state index contributed by atoms with van der Waals surface area (Å²) in [5.74, 6) is 0. The van der Waals surface area contributed by atoms with Crippen molar-refractivity contribution >= 4 is 6.21 Å². The van der Waals surface area contributed by atoms with Gasteiger partial charge in [0, 0.05) is 11.6 Å². The molecule has 0 N–H and O–H groups in total. The average molecular weight is 206 g/mol. The second-order valence-electron chi connectivity index (χ2n) is 3.01. The zero-order chi connectivity index (χ0) is 8.93. The van der Waals surface area contributed by atoms with E-state index >= 15 is 0 Å². The van der Waals surface area contributed by atoms with Crippen molar-refractivity contribution in [3.05, 3.63) is 60.3 Å². The number of hydrogen-bond acceptors (Lipinski definition) is 0. The Balaban J connectivity index is 0.000000980. The van der Waals surface area contributed by atoms with Crippen LogP contribution in [-0.4, -0.2) is 17.3 Å². The van der Waals surface area contributed by atoms with Gasteiger partial charge >= 0.3 is 0 Å². The van der Waals surface area contributed by atoms with E-state index in [1.165, 1.54) is 5.56 Å². The minimum absolute atomic E-state index is 0. The first-order valence-corrected chi connectivity index (χ1v) is 4.44. The molecule has 0 unspecified atom stereocenters. The van der Waals surface area contributed by atoms with Crippen LogP contribution in [0, 0.1) is 0 Å². The van der Waals surface area contributed by atoms with Crippen molar-refractivity contribution in [3.8, 4) is 0 Å². The summed E-state index contributed by atoms with van der Waals surface area (Å²) in [6.07, 6.45) is 10.5. The summed E-state index contributed by atoms with van der Waals surface area (Å²) < 4.78 is 2.16. The van der Waals surface area contributed by atoms with Gasteiger partial charge in [-0.05, 0) is 18.2 Å². The van der Waals surface area contributed by atoms with Gasteiger partial charge in [0.2, 0.25) is 0 Å². The van der Waals surface area contributed by atoms with Crippen molar-refractivity contribution in [1.29, 1.82) is 0 Å². The maximum atomic E-state index is 2.16. The molecule has 1 aliphatic rings. The summed E-state index contributed by atoms with van der Waals surface area (Å²) in [4.78, 5) is 0. The second kappa shape index (κ2) is 5.40. The molecule has 0 aliphatic carbocycles. The van der Waals surface area contributed by atoms with Gasteiger partial charge in [-0.25, -0.2) is 4.58 Å². The maximum absolute atomic E-state index is 2.16. The van der Waals surface area contributed by atoms with Gasteiger partial charge in [0.1, 0.15) is 0 Å². The normalized spacial score (nSPS) is 16.7. The highest BCUT2D eigenvalue weighted by molar-refractivity contribution is 5.75. The molecule has 1 heterocycles. The highest BCUT2D eigenvalue weighted by atomic mass is 35.5. The number of halogens is 1. The zero-order valence-electron chi connectivity index (χ0n) is 7.81. The minimum atomic E-state index is 0. The van der Waals surface area contributed by atoms with Gasteiger partial charge in [-0.2, -0.15) is 0 Å². The first-order valence-electron chi connectivity index (χ1n) is 4.44. The third kappa shape index (κ3) is 2.86. The molecular weight excluding hydrogens is 194 g/mol. The van der Waals surface area contributed by atoms with E-state index in [-0.39, 0.29) is 12.4 Å². The number of nitrogens with zero attached hydrogens (tertiary/aromatic N) is 1. The molecule has 0 bridgehead atoms. The fraction of sp³-hybridized carbons (Fsp3) is 0.0833. The van der Waals surface area contributed by atoms with Gasteiger partial charge in [-0.1, -0.05) is 24.3 Å². The van der Waals surface area contributed by atoms with Crippen molar-refractivity contribution < 1.29 is 17.0 Å². The Morgan fingerprint density at radius 1 is 1.07 bits per heavy atom. The van der Waals surface area contributed by atoms with Crippen molar-refractivity contribution in [3.63, 3.8) is 0 Å². The van der Waals surface area contributed by atoms with Crippen LogP contribution < -0.4 is 12.4 Å². The van der Waals surface area contributed by atoms with Crippen LogP contribution in [0.4, 0.5) is 0 Å². The zero-order valence-corrected chi connectivity index (χ0v) is 8.56. The van der Waals surface area contributed by atoms with Crippen molar-refractivity contribution in [2.45, 2.75) is 0 Å². The third-order valence-electron chi connectivity index (χ3n) is 1.96. The molecule has 0 spiro atoms. The Labute approximate surface area is 90.5 Å². The Morgan fingerprint density at radius 3 is 2.50 bits per heavy atom. The highest BCUT2D eigenvalue weighted by Gasteiger charge is 1.99.